The molecular formula is C19H18N4O4. The lowest BCUT2D eigenvalue weighted by Gasteiger charge is -2.21. The largest absolute Gasteiger partial charge is 0.380 e. The SMILES string of the molecule is Cc1cnoc1C(=O)N[C@@H]1CCc2cc(-c3noc(C4COC4)n3)ccc21. The summed E-state index contributed by atoms with van der Waals surface area (Å²) in [5, 5.41) is 10.8. The number of aromatic nitrogens is 3. The van der Waals surface area contributed by atoms with Crippen LogP contribution < -0.4 is 5.32 Å². The highest BCUT2D eigenvalue weighted by Crippen LogP contribution is 2.34. The van der Waals surface area contributed by atoms with E-state index in [1.165, 1.54) is 5.56 Å². The minimum Gasteiger partial charge on any atom is -0.380 e. The molecule has 0 radical (unpaired) electrons. The molecule has 1 saturated heterocycles. The minimum atomic E-state index is -0.238. The maximum Gasteiger partial charge on any atom is 0.290 e. The second-order valence-corrected chi connectivity index (χ2v) is 7.01. The van der Waals surface area contributed by atoms with Gasteiger partial charge in [-0.2, -0.15) is 4.98 Å². The number of carbonyl (C=O) groups is 1. The summed E-state index contributed by atoms with van der Waals surface area (Å²) in [6.45, 7) is 3.07. The zero-order valence-corrected chi connectivity index (χ0v) is 14.8. The Morgan fingerprint density at radius 1 is 1.26 bits per heavy atom. The van der Waals surface area contributed by atoms with Crippen molar-refractivity contribution in [3.63, 3.8) is 0 Å². The summed E-state index contributed by atoms with van der Waals surface area (Å²) in [5.41, 5.74) is 3.94. The molecule has 1 atom stereocenters. The number of hydrogen-bond acceptors (Lipinski definition) is 7. The van der Waals surface area contributed by atoms with Crippen molar-refractivity contribution in [2.24, 2.45) is 0 Å². The summed E-state index contributed by atoms with van der Waals surface area (Å²) < 4.78 is 15.6. The third-order valence-corrected chi connectivity index (χ3v) is 5.17. The highest BCUT2D eigenvalue weighted by molar-refractivity contribution is 5.93. The number of aryl methyl sites for hydroxylation is 2. The number of nitrogens with zero attached hydrogens (tertiary/aromatic N) is 3. The maximum atomic E-state index is 12.4. The number of nitrogens with one attached hydrogen (secondary N) is 1. The standard InChI is InChI=1S/C19H18N4O4/c1-10-7-20-26-16(10)18(24)21-15-5-3-11-6-12(2-4-14(11)15)17-22-19(27-23-17)13-8-25-9-13/h2,4,6-7,13,15H,3,5,8-9H2,1H3,(H,21,24)/t15-/m1/s1. The van der Waals surface area contributed by atoms with Gasteiger partial charge in [0.25, 0.3) is 5.91 Å². The van der Waals surface area contributed by atoms with Crippen molar-refractivity contribution in [2.45, 2.75) is 31.7 Å². The van der Waals surface area contributed by atoms with E-state index in [1.807, 2.05) is 12.1 Å². The molecule has 2 aliphatic rings. The van der Waals surface area contributed by atoms with Gasteiger partial charge < -0.3 is 19.1 Å². The molecular weight excluding hydrogens is 348 g/mol. The zero-order chi connectivity index (χ0) is 18.4. The highest BCUT2D eigenvalue weighted by atomic mass is 16.5. The second kappa shape index (κ2) is 6.31. The number of hydrogen-bond donors (Lipinski definition) is 1. The van der Waals surface area contributed by atoms with E-state index >= 15 is 0 Å². The van der Waals surface area contributed by atoms with E-state index in [0.29, 0.717) is 24.9 Å². The molecule has 27 heavy (non-hydrogen) atoms. The smallest absolute Gasteiger partial charge is 0.290 e. The van der Waals surface area contributed by atoms with Gasteiger partial charge in [-0.3, -0.25) is 4.79 Å². The Labute approximate surface area is 154 Å². The Kier molecular flexibility index (Phi) is 3.78. The number of carbonyl (C=O) groups excluding carboxylic acids is 1. The Balaban J connectivity index is 1.35. The predicted molar refractivity (Wildman–Crippen MR) is 93.1 cm³/mol. The lowest BCUT2D eigenvalue weighted by Crippen LogP contribution is -2.27. The molecule has 8 nitrogen and oxygen atoms in total. The van der Waals surface area contributed by atoms with Crippen molar-refractivity contribution in [1.82, 2.24) is 20.6 Å². The Bertz CT molecular complexity index is 1000. The molecule has 0 bridgehead atoms. The summed E-state index contributed by atoms with van der Waals surface area (Å²) in [4.78, 5) is 16.9. The lowest BCUT2D eigenvalue weighted by molar-refractivity contribution is -0.00445. The third kappa shape index (κ3) is 2.82. The molecule has 0 saturated carbocycles. The van der Waals surface area contributed by atoms with Gasteiger partial charge >= 0.3 is 0 Å². The van der Waals surface area contributed by atoms with Crippen molar-refractivity contribution >= 4 is 5.91 Å². The van der Waals surface area contributed by atoms with Crippen molar-refractivity contribution in [1.29, 1.82) is 0 Å². The van der Waals surface area contributed by atoms with E-state index in [9.17, 15) is 4.79 Å². The van der Waals surface area contributed by atoms with Gasteiger partial charge in [-0.15, -0.1) is 0 Å². The van der Waals surface area contributed by atoms with Gasteiger partial charge in [-0.1, -0.05) is 22.4 Å². The van der Waals surface area contributed by atoms with E-state index in [4.69, 9.17) is 13.8 Å². The van der Waals surface area contributed by atoms with E-state index in [-0.39, 0.29) is 23.6 Å². The van der Waals surface area contributed by atoms with Gasteiger partial charge in [0.05, 0.1) is 31.4 Å². The number of ether oxygens (including phenoxy) is 1. The lowest BCUT2D eigenvalue weighted by atomic mass is 10.0. The first kappa shape index (κ1) is 16.2. The fourth-order valence-electron chi connectivity index (χ4n) is 3.54. The number of benzene rings is 1. The first-order chi connectivity index (χ1) is 13.2. The topological polar surface area (TPSA) is 103 Å². The van der Waals surface area contributed by atoms with Crippen LogP contribution in [0.3, 0.4) is 0 Å². The quantitative estimate of drug-likeness (QED) is 0.757. The fourth-order valence-corrected chi connectivity index (χ4v) is 3.54. The van der Waals surface area contributed by atoms with Crippen LogP contribution in [-0.2, 0) is 11.2 Å². The van der Waals surface area contributed by atoms with Crippen LogP contribution in [0.2, 0.25) is 0 Å². The minimum absolute atomic E-state index is 0.0426. The van der Waals surface area contributed by atoms with Crippen LogP contribution in [0.15, 0.2) is 33.4 Å². The first-order valence-electron chi connectivity index (χ1n) is 8.95. The zero-order valence-electron chi connectivity index (χ0n) is 14.8. The summed E-state index contributed by atoms with van der Waals surface area (Å²) in [5.74, 6) is 1.45. The molecule has 8 heteroatoms. The summed E-state index contributed by atoms with van der Waals surface area (Å²) in [6, 6.07) is 6.03. The van der Waals surface area contributed by atoms with Crippen molar-refractivity contribution in [3.8, 4) is 11.4 Å². The number of amides is 1. The monoisotopic (exact) mass is 366 g/mol. The van der Waals surface area contributed by atoms with Crippen molar-refractivity contribution in [3.05, 3.63) is 52.7 Å². The average Bonchev–Trinajstić information content (AvgIpc) is 3.33. The molecule has 5 rings (SSSR count). The molecule has 1 aromatic carbocycles. The molecule has 1 aliphatic carbocycles. The molecule has 1 amide bonds. The van der Waals surface area contributed by atoms with Crippen LogP contribution in [0, 0.1) is 6.92 Å². The first-order valence-corrected chi connectivity index (χ1v) is 8.95. The third-order valence-electron chi connectivity index (χ3n) is 5.17. The van der Waals surface area contributed by atoms with Crippen LogP contribution in [0.4, 0.5) is 0 Å². The summed E-state index contributed by atoms with van der Waals surface area (Å²) in [7, 11) is 0. The molecule has 138 valence electrons. The van der Waals surface area contributed by atoms with Gasteiger partial charge in [0.1, 0.15) is 0 Å². The number of rotatable bonds is 4. The molecule has 2 aromatic heterocycles. The van der Waals surface area contributed by atoms with Crippen LogP contribution in [0.25, 0.3) is 11.4 Å². The normalized spacial score (nSPS) is 18.9. The van der Waals surface area contributed by atoms with Crippen LogP contribution in [0.1, 0.15) is 51.5 Å². The number of fused-ring (bicyclic) bond motifs is 1. The maximum absolute atomic E-state index is 12.4. The van der Waals surface area contributed by atoms with Crippen LogP contribution in [0.5, 0.6) is 0 Å². The summed E-state index contributed by atoms with van der Waals surface area (Å²) in [6.07, 6.45) is 3.26. The average molecular weight is 366 g/mol. The van der Waals surface area contributed by atoms with Crippen molar-refractivity contribution < 1.29 is 18.6 Å². The molecule has 0 unspecified atom stereocenters. The molecule has 3 heterocycles. The van der Waals surface area contributed by atoms with Gasteiger partial charge in [-0.05, 0) is 37.0 Å². The van der Waals surface area contributed by atoms with Gasteiger partial charge in [0.15, 0.2) is 0 Å². The fraction of sp³-hybridized carbons (Fsp3) is 0.368. The summed E-state index contributed by atoms with van der Waals surface area (Å²) >= 11 is 0. The molecule has 0 spiro atoms. The Morgan fingerprint density at radius 3 is 2.89 bits per heavy atom. The molecule has 1 N–H and O–H groups in total. The van der Waals surface area contributed by atoms with E-state index < -0.39 is 0 Å². The van der Waals surface area contributed by atoms with Crippen LogP contribution >= 0.6 is 0 Å². The van der Waals surface area contributed by atoms with Crippen molar-refractivity contribution in [2.75, 3.05) is 13.2 Å². The Morgan fingerprint density at radius 2 is 2.15 bits per heavy atom. The van der Waals surface area contributed by atoms with E-state index in [0.717, 1.165) is 29.5 Å². The Hall–Kier alpha value is -3.00. The molecule has 3 aromatic rings. The molecule has 1 fully saturated rings. The van der Waals surface area contributed by atoms with E-state index in [1.54, 1.807) is 13.1 Å². The molecule has 1 aliphatic heterocycles. The van der Waals surface area contributed by atoms with Gasteiger partial charge in [0, 0.05) is 11.1 Å². The predicted octanol–water partition coefficient (Wildman–Crippen LogP) is 2.56. The van der Waals surface area contributed by atoms with Gasteiger partial charge in [-0.25, -0.2) is 0 Å². The van der Waals surface area contributed by atoms with Crippen LogP contribution in [-0.4, -0.2) is 34.4 Å². The van der Waals surface area contributed by atoms with E-state index in [2.05, 4.69) is 26.7 Å². The highest BCUT2D eigenvalue weighted by Gasteiger charge is 2.29. The second-order valence-electron chi connectivity index (χ2n) is 7.01. The van der Waals surface area contributed by atoms with Gasteiger partial charge in [0.2, 0.25) is 17.5 Å².